The summed E-state index contributed by atoms with van der Waals surface area (Å²) in [7, 11) is 0. The van der Waals surface area contributed by atoms with Crippen LogP contribution in [0.4, 0.5) is 4.79 Å². The van der Waals surface area contributed by atoms with Crippen LogP contribution in [0.2, 0.25) is 0 Å². The molecular formula is C13H13ClN2O2. The Balaban J connectivity index is 1.67. The van der Waals surface area contributed by atoms with E-state index in [-0.39, 0.29) is 18.4 Å². The summed E-state index contributed by atoms with van der Waals surface area (Å²) in [4.78, 5) is 17.4. The molecule has 18 heavy (non-hydrogen) atoms. The van der Waals surface area contributed by atoms with Gasteiger partial charge in [0.05, 0.1) is 0 Å². The fourth-order valence-electron chi connectivity index (χ4n) is 2.16. The maximum absolute atomic E-state index is 11.9. The number of amides is 2. The first-order valence-electron chi connectivity index (χ1n) is 5.97. The number of halogens is 1. The molecule has 3 rings (SSSR count). The number of fused-ring (bicyclic) bond motifs is 1. The predicted octanol–water partition coefficient (Wildman–Crippen LogP) is 2.42. The normalized spacial score (nSPS) is 26.4. The number of hydrogen-bond donors (Lipinski definition) is 0. The molecule has 4 nitrogen and oxygen atoms in total. The van der Waals surface area contributed by atoms with Gasteiger partial charge in [-0.25, -0.2) is 4.79 Å². The van der Waals surface area contributed by atoms with Crippen LogP contribution in [0.1, 0.15) is 12.0 Å². The molecular weight excluding hydrogens is 252 g/mol. The molecule has 1 aromatic rings. The summed E-state index contributed by atoms with van der Waals surface area (Å²) in [5.41, 5.74) is 1.20. The lowest BCUT2D eigenvalue weighted by molar-refractivity contribution is 0.175. The Morgan fingerprint density at radius 2 is 2.17 bits per heavy atom. The maximum Gasteiger partial charge on any atom is 0.346 e. The van der Waals surface area contributed by atoms with Crippen molar-refractivity contribution in [3.8, 4) is 0 Å². The molecule has 0 aromatic heterocycles. The van der Waals surface area contributed by atoms with Gasteiger partial charge in [0.1, 0.15) is 11.3 Å². The van der Waals surface area contributed by atoms with Gasteiger partial charge in [-0.15, -0.1) is 0 Å². The van der Waals surface area contributed by atoms with Gasteiger partial charge in [0.2, 0.25) is 0 Å². The number of urea groups is 1. The molecule has 1 saturated heterocycles. The van der Waals surface area contributed by atoms with Gasteiger partial charge in [-0.05, 0) is 12.0 Å². The van der Waals surface area contributed by atoms with Crippen molar-refractivity contribution in [1.29, 1.82) is 0 Å². The summed E-state index contributed by atoms with van der Waals surface area (Å²) in [5, 5.41) is 0.342. The van der Waals surface area contributed by atoms with Gasteiger partial charge in [-0.3, -0.25) is 4.90 Å². The first-order chi connectivity index (χ1) is 8.74. The molecule has 0 bridgehead atoms. The van der Waals surface area contributed by atoms with Crippen molar-refractivity contribution in [2.75, 3.05) is 6.54 Å². The molecule has 0 saturated carbocycles. The Bertz CT molecular complexity index is 489. The fraction of sp³-hybridized carbons (Fsp3) is 0.385. The second-order valence-corrected chi connectivity index (χ2v) is 4.91. The highest BCUT2D eigenvalue weighted by atomic mass is 35.5. The average Bonchev–Trinajstić information content (AvgIpc) is 3.09. The molecule has 0 N–H and O–H groups in total. The predicted molar refractivity (Wildman–Crippen MR) is 68.8 cm³/mol. The van der Waals surface area contributed by atoms with Crippen molar-refractivity contribution < 1.29 is 9.53 Å². The molecule has 0 aliphatic carbocycles. The van der Waals surface area contributed by atoms with Crippen LogP contribution in [0.25, 0.3) is 0 Å². The number of ether oxygens (including phenoxy) is 1. The van der Waals surface area contributed by atoms with Gasteiger partial charge >= 0.3 is 6.03 Å². The second-order valence-electron chi connectivity index (χ2n) is 4.47. The zero-order valence-electron chi connectivity index (χ0n) is 9.75. The second kappa shape index (κ2) is 4.71. The third-order valence-corrected chi connectivity index (χ3v) is 3.42. The number of rotatable bonds is 3. The monoisotopic (exact) mass is 264 g/mol. The molecule has 1 fully saturated rings. The van der Waals surface area contributed by atoms with E-state index in [9.17, 15) is 4.79 Å². The SMILES string of the molecule is O=C1N=C(Cl)CC2OC2N1CCc1ccccc1. The highest BCUT2D eigenvalue weighted by molar-refractivity contribution is 6.66. The third-order valence-electron chi connectivity index (χ3n) is 3.18. The minimum absolute atomic E-state index is 0.0310. The van der Waals surface area contributed by atoms with Crippen LogP contribution in [-0.4, -0.2) is 35.0 Å². The molecule has 2 atom stereocenters. The highest BCUT2D eigenvalue weighted by Crippen LogP contribution is 2.32. The molecule has 5 heteroatoms. The van der Waals surface area contributed by atoms with Crippen molar-refractivity contribution in [3.63, 3.8) is 0 Å². The van der Waals surface area contributed by atoms with E-state index in [0.29, 0.717) is 18.1 Å². The molecule has 2 aliphatic heterocycles. The van der Waals surface area contributed by atoms with E-state index in [1.807, 2.05) is 30.3 Å². The van der Waals surface area contributed by atoms with Gasteiger partial charge in [0.15, 0.2) is 6.23 Å². The van der Waals surface area contributed by atoms with E-state index < -0.39 is 0 Å². The minimum atomic E-state index is -0.291. The molecule has 2 amide bonds. The molecule has 0 radical (unpaired) electrons. The molecule has 0 spiro atoms. The van der Waals surface area contributed by atoms with Crippen molar-refractivity contribution in [2.24, 2.45) is 4.99 Å². The third kappa shape index (κ3) is 2.40. The standard InChI is InChI=1S/C13H13ClN2O2/c14-11-8-10-12(18-10)16(13(17)15-11)7-6-9-4-2-1-3-5-9/h1-5,10,12H,6-8H2. The van der Waals surface area contributed by atoms with Crippen LogP contribution in [0.15, 0.2) is 35.3 Å². The Labute approximate surface area is 110 Å². The van der Waals surface area contributed by atoms with Crippen molar-refractivity contribution >= 4 is 22.8 Å². The summed E-state index contributed by atoms with van der Waals surface area (Å²) in [5.74, 6) is 0. The highest BCUT2D eigenvalue weighted by Gasteiger charge is 2.47. The number of hydrogen-bond acceptors (Lipinski definition) is 2. The zero-order valence-corrected chi connectivity index (χ0v) is 10.5. The lowest BCUT2D eigenvalue weighted by Crippen LogP contribution is -2.33. The van der Waals surface area contributed by atoms with Gasteiger partial charge < -0.3 is 4.74 Å². The fourth-order valence-corrected chi connectivity index (χ4v) is 2.39. The van der Waals surface area contributed by atoms with E-state index in [1.165, 1.54) is 5.56 Å². The Morgan fingerprint density at radius 1 is 1.39 bits per heavy atom. The molecule has 1 aromatic carbocycles. The lowest BCUT2D eigenvalue weighted by atomic mass is 10.1. The lowest BCUT2D eigenvalue weighted by Gasteiger charge is -2.17. The smallest absolute Gasteiger partial charge is 0.346 e. The largest absolute Gasteiger partial charge is 0.347 e. The van der Waals surface area contributed by atoms with Crippen LogP contribution in [0.3, 0.4) is 0 Å². The van der Waals surface area contributed by atoms with Gasteiger partial charge in [-0.1, -0.05) is 41.9 Å². The van der Waals surface area contributed by atoms with Gasteiger partial charge in [0, 0.05) is 13.0 Å². The summed E-state index contributed by atoms with van der Waals surface area (Å²) in [6.07, 6.45) is 1.23. The van der Waals surface area contributed by atoms with E-state index in [0.717, 1.165) is 6.42 Å². The summed E-state index contributed by atoms with van der Waals surface area (Å²) < 4.78 is 5.44. The number of aliphatic imine (C=N–C) groups is 1. The van der Waals surface area contributed by atoms with Crippen LogP contribution < -0.4 is 0 Å². The molecule has 2 unspecified atom stereocenters. The first kappa shape index (κ1) is 11.7. The topological polar surface area (TPSA) is 45.2 Å². The summed E-state index contributed by atoms with van der Waals surface area (Å²) in [6, 6.07) is 9.76. The number of epoxide rings is 1. The molecule has 2 heterocycles. The minimum Gasteiger partial charge on any atom is -0.347 e. The van der Waals surface area contributed by atoms with Crippen molar-refractivity contribution in [1.82, 2.24) is 4.90 Å². The summed E-state index contributed by atoms with van der Waals surface area (Å²) >= 11 is 5.84. The Kier molecular flexibility index (Phi) is 3.06. The van der Waals surface area contributed by atoms with Gasteiger partial charge in [-0.2, -0.15) is 4.99 Å². The first-order valence-corrected chi connectivity index (χ1v) is 6.35. The molecule has 94 valence electrons. The number of carbonyl (C=O) groups excluding carboxylic acids is 1. The maximum atomic E-state index is 11.9. The van der Waals surface area contributed by atoms with Crippen molar-refractivity contribution in [3.05, 3.63) is 35.9 Å². The van der Waals surface area contributed by atoms with Crippen LogP contribution >= 0.6 is 11.6 Å². The van der Waals surface area contributed by atoms with E-state index in [1.54, 1.807) is 4.90 Å². The van der Waals surface area contributed by atoms with Crippen molar-refractivity contribution in [2.45, 2.75) is 25.2 Å². The van der Waals surface area contributed by atoms with Crippen LogP contribution in [0, 0.1) is 0 Å². The molecule has 2 aliphatic rings. The Morgan fingerprint density at radius 3 is 2.94 bits per heavy atom. The number of benzene rings is 1. The van der Waals surface area contributed by atoms with Gasteiger partial charge in [0.25, 0.3) is 0 Å². The van der Waals surface area contributed by atoms with Crippen LogP contribution in [0.5, 0.6) is 0 Å². The summed E-state index contributed by atoms with van der Waals surface area (Å²) in [6.45, 7) is 0.609. The van der Waals surface area contributed by atoms with E-state index >= 15 is 0 Å². The zero-order chi connectivity index (χ0) is 12.5. The average molecular weight is 265 g/mol. The van der Waals surface area contributed by atoms with Crippen LogP contribution in [-0.2, 0) is 11.2 Å². The number of nitrogens with zero attached hydrogens (tertiary/aromatic N) is 2. The Hall–Kier alpha value is -1.39. The van der Waals surface area contributed by atoms with E-state index in [2.05, 4.69) is 4.99 Å². The number of carbonyl (C=O) groups is 1. The van der Waals surface area contributed by atoms with E-state index in [4.69, 9.17) is 16.3 Å². The quantitative estimate of drug-likeness (QED) is 0.787.